The van der Waals surface area contributed by atoms with Crippen LogP contribution in [0.5, 0.6) is 0 Å². The van der Waals surface area contributed by atoms with Crippen molar-refractivity contribution < 1.29 is 14.3 Å². The maximum atomic E-state index is 11.9. The molecule has 2 N–H and O–H groups in total. The fourth-order valence-electron chi connectivity index (χ4n) is 3.34. The molecule has 1 aromatic rings. The number of nitrogens with zero attached hydrogens (tertiary/aromatic N) is 1. The quantitative estimate of drug-likeness (QED) is 0.793. The summed E-state index contributed by atoms with van der Waals surface area (Å²) in [5.74, 6) is 0.253. The number of benzene rings is 1. The predicted molar refractivity (Wildman–Crippen MR) is 95.0 cm³/mol. The molecular weight excluding hydrogens is 318 g/mol. The smallest absolute Gasteiger partial charge is 0.407 e. The monoisotopic (exact) mass is 345 g/mol. The number of carbonyl (C=O) groups is 2. The lowest BCUT2D eigenvalue weighted by atomic mass is 9.87. The lowest BCUT2D eigenvalue weighted by Gasteiger charge is -2.36. The minimum atomic E-state index is -0.364. The average molecular weight is 345 g/mol. The maximum Gasteiger partial charge on any atom is 0.407 e. The van der Waals surface area contributed by atoms with E-state index in [2.05, 4.69) is 10.6 Å². The van der Waals surface area contributed by atoms with Crippen molar-refractivity contribution in [3.05, 3.63) is 35.9 Å². The van der Waals surface area contributed by atoms with E-state index in [1.54, 1.807) is 0 Å². The van der Waals surface area contributed by atoms with Crippen LogP contribution in [0.4, 0.5) is 4.79 Å². The van der Waals surface area contributed by atoms with Crippen LogP contribution in [0, 0.1) is 0 Å². The van der Waals surface area contributed by atoms with E-state index >= 15 is 0 Å². The van der Waals surface area contributed by atoms with E-state index in [9.17, 15) is 9.59 Å². The van der Waals surface area contributed by atoms with Crippen molar-refractivity contribution in [1.29, 1.82) is 0 Å². The summed E-state index contributed by atoms with van der Waals surface area (Å²) >= 11 is 0. The maximum absolute atomic E-state index is 11.9. The average Bonchev–Trinajstić information content (AvgIpc) is 3.13. The van der Waals surface area contributed by atoms with Gasteiger partial charge in [0.15, 0.2) is 0 Å². The Morgan fingerprint density at radius 1 is 1.08 bits per heavy atom. The number of rotatable bonds is 7. The molecule has 0 unspecified atom stereocenters. The SMILES string of the molecule is O=C(NC1CC(NCCC(=O)N2CCCC2)C1)OCc1ccccc1. The number of alkyl carbamates (subject to hydrolysis) is 1. The Morgan fingerprint density at radius 2 is 1.80 bits per heavy atom. The van der Waals surface area contributed by atoms with Crippen LogP contribution in [-0.4, -0.2) is 48.6 Å². The highest BCUT2D eigenvalue weighted by molar-refractivity contribution is 5.76. The van der Waals surface area contributed by atoms with Gasteiger partial charge in [-0.1, -0.05) is 30.3 Å². The van der Waals surface area contributed by atoms with Gasteiger partial charge in [0.2, 0.25) is 5.91 Å². The molecule has 1 aliphatic carbocycles. The van der Waals surface area contributed by atoms with Crippen molar-refractivity contribution in [3.63, 3.8) is 0 Å². The van der Waals surface area contributed by atoms with E-state index in [4.69, 9.17) is 4.74 Å². The zero-order valence-corrected chi connectivity index (χ0v) is 14.6. The third-order valence-corrected chi connectivity index (χ3v) is 4.90. The lowest BCUT2D eigenvalue weighted by molar-refractivity contribution is -0.130. The molecular formula is C19H27N3O3. The Bertz CT molecular complexity index is 567. The van der Waals surface area contributed by atoms with Crippen LogP contribution in [0.3, 0.4) is 0 Å². The van der Waals surface area contributed by atoms with E-state index in [0.717, 1.165) is 44.3 Å². The van der Waals surface area contributed by atoms with Gasteiger partial charge in [-0.25, -0.2) is 4.79 Å². The van der Waals surface area contributed by atoms with Gasteiger partial charge in [0.05, 0.1) is 0 Å². The molecule has 0 aromatic heterocycles. The summed E-state index contributed by atoms with van der Waals surface area (Å²) in [4.78, 5) is 25.7. The van der Waals surface area contributed by atoms with Crippen LogP contribution >= 0.6 is 0 Å². The Balaban J connectivity index is 1.23. The van der Waals surface area contributed by atoms with Crippen LogP contribution in [-0.2, 0) is 16.1 Å². The summed E-state index contributed by atoms with van der Waals surface area (Å²) in [5.41, 5.74) is 0.980. The molecule has 136 valence electrons. The molecule has 2 aliphatic rings. The number of likely N-dealkylation sites (tertiary alicyclic amines) is 1. The summed E-state index contributed by atoms with van der Waals surface area (Å²) < 4.78 is 5.22. The number of nitrogens with one attached hydrogen (secondary N) is 2. The number of hydrogen-bond acceptors (Lipinski definition) is 4. The van der Waals surface area contributed by atoms with Crippen LogP contribution in [0.2, 0.25) is 0 Å². The summed E-state index contributed by atoms with van der Waals surface area (Å²) in [5, 5.41) is 6.28. The van der Waals surface area contributed by atoms with E-state index in [-0.39, 0.29) is 18.0 Å². The van der Waals surface area contributed by atoms with Crippen molar-refractivity contribution in [2.45, 2.75) is 50.8 Å². The molecule has 1 saturated heterocycles. The second-order valence-corrected chi connectivity index (χ2v) is 6.86. The molecule has 1 aliphatic heterocycles. The predicted octanol–water partition coefficient (Wildman–Crippen LogP) is 2.05. The zero-order valence-electron chi connectivity index (χ0n) is 14.6. The molecule has 6 nitrogen and oxygen atoms in total. The Hall–Kier alpha value is -2.08. The van der Waals surface area contributed by atoms with E-state index in [0.29, 0.717) is 25.6 Å². The van der Waals surface area contributed by atoms with Gasteiger partial charge in [0.25, 0.3) is 0 Å². The number of ether oxygens (including phenoxy) is 1. The molecule has 6 heteroatoms. The first-order valence-electron chi connectivity index (χ1n) is 9.19. The van der Waals surface area contributed by atoms with Crippen molar-refractivity contribution >= 4 is 12.0 Å². The summed E-state index contributed by atoms with van der Waals surface area (Å²) in [6.45, 7) is 2.84. The molecule has 1 saturated carbocycles. The molecule has 0 spiro atoms. The van der Waals surface area contributed by atoms with Gasteiger partial charge >= 0.3 is 6.09 Å². The number of hydrogen-bond donors (Lipinski definition) is 2. The van der Waals surface area contributed by atoms with E-state index in [1.165, 1.54) is 0 Å². The van der Waals surface area contributed by atoms with Gasteiger partial charge in [-0.3, -0.25) is 4.79 Å². The van der Waals surface area contributed by atoms with Crippen molar-refractivity contribution in [3.8, 4) is 0 Å². The first-order valence-corrected chi connectivity index (χ1v) is 9.19. The summed E-state index contributed by atoms with van der Waals surface area (Å²) in [6, 6.07) is 10.2. The second-order valence-electron chi connectivity index (χ2n) is 6.86. The molecule has 3 rings (SSSR count). The van der Waals surface area contributed by atoms with Crippen molar-refractivity contribution in [1.82, 2.24) is 15.5 Å². The van der Waals surface area contributed by atoms with Crippen LogP contribution in [0.15, 0.2) is 30.3 Å². The number of amides is 2. The second kappa shape index (κ2) is 8.85. The molecule has 0 radical (unpaired) electrons. The van der Waals surface area contributed by atoms with Crippen molar-refractivity contribution in [2.24, 2.45) is 0 Å². The van der Waals surface area contributed by atoms with E-state index < -0.39 is 0 Å². The molecule has 0 atom stereocenters. The fraction of sp³-hybridized carbons (Fsp3) is 0.579. The molecule has 25 heavy (non-hydrogen) atoms. The van der Waals surface area contributed by atoms with Gasteiger partial charge in [-0.15, -0.1) is 0 Å². The van der Waals surface area contributed by atoms with E-state index in [1.807, 2.05) is 35.2 Å². The first-order chi connectivity index (χ1) is 12.2. The normalized spacial score (nSPS) is 22.3. The first kappa shape index (κ1) is 17.7. The lowest BCUT2D eigenvalue weighted by Crippen LogP contribution is -2.52. The van der Waals surface area contributed by atoms with Gasteiger partial charge < -0.3 is 20.3 Å². The summed E-state index contributed by atoms with van der Waals surface area (Å²) in [6.07, 6.45) is 4.24. The van der Waals surface area contributed by atoms with Gasteiger partial charge in [0, 0.05) is 38.1 Å². The standard InChI is InChI=1S/C19H27N3O3/c23-18(22-10-4-5-11-22)8-9-20-16-12-17(13-16)21-19(24)25-14-15-6-2-1-3-7-15/h1-3,6-7,16-17,20H,4-5,8-14H2,(H,21,24). The largest absolute Gasteiger partial charge is 0.445 e. The van der Waals surface area contributed by atoms with Crippen LogP contribution < -0.4 is 10.6 Å². The zero-order chi connectivity index (χ0) is 17.5. The highest BCUT2D eigenvalue weighted by atomic mass is 16.5. The Kier molecular flexibility index (Phi) is 6.28. The minimum Gasteiger partial charge on any atom is -0.445 e. The highest BCUT2D eigenvalue weighted by Gasteiger charge is 2.30. The minimum absolute atomic E-state index is 0.162. The van der Waals surface area contributed by atoms with Crippen molar-refractivity contribution in [2.75, 3.05) is 19.6 Å². The third kappa shape index (κ3) is 5.46. The highest BCUT2D eigenvalue weighted by Crippen LogP contribution is 2.20. The van der Waals surface area contributed by atoms with Crippen LogP contribution in [0.1, 0.15) is 37.7 Å². The topological polar surface area (TPSA) is 70.7 Å². The molecule has 1 heterocycles. The molecule has 2 amide bonds. The molecule has 2 fully saturated rings. The fourth-order valence-corrected chi connectivity index (χ4v) is 3.34. The van der Waals surface area contributed by atoms with Gasteiger partial charge in [0.1, 0.15) is 6.61 Å². The van der Waals surface area contributed by atoms with Gasteiger partial charge in [-0.05, 0) is 31.2 Å². The third-order valence-electron chi connectivity index (χ3n) is 4.90. The Morgan fingerprint density at radius 3 is 2.52 bits per heavy atom. The van der Waals surface area contributed by atoms with Crippen LogP contribution in [0.25, 0.3) is 0 Å². The molecule has 0 bridgehead atoms. The summed E-state index contributed by atoms with van der Waals surface area (Å²) in [7, 11) is 0. The number of carbonyl (C=O) groups excluding carboxylic acids is 2. The molecule has 1 aromatic carbocycles. The Labute approximate surface area is 148 Å². The van der Waals surface area contributed by atoms with Gasteiger partial charge in [-0.2, -0.15) is 0 Å².